The van der Waals surface area contributed by atoms with E-state index in [1.807, 2.05) is 0 Å². The molecule has 1 unspecified atom stereocenters. The lowest BCUT2D eigenvalue weighted by Gasteiger charge is -2.42. The number of carbonyl (C=O) groups excluding carboxylic acids is 6. The molecule has 3 aliphatic rings. The van der Waals surface area contributed by atoms with Gasteiger partial charge in [-0.2, -0.15) is 0 Å². The summed E-state index contributed by atoms with van der Waals surface area (Å²) in [7, 11) is 1.31. The Kier molecular flexibility index (Phi) is 20.3. The summed E-state index contributed by atoms with van der Waals surface area (Å²) in [6.07, 6.45) is -11.9. The Labute approximate surface area is 416 Å². The number of benzene rings is 2. The molecule has 73 heavy (non-hydrogen) atoms. The first-order chi connectivity index (χ1) is 35.1. The van der Waals surface area contributed by atoms with E-state index >= 15 is 0 Å². The Hall–Kier alpha value is -8.39. The summed E-state index contributed by atoms with van der Waals surface area (Å²) in [5, 5.41) is 33.6. The number of methoxy groups -OCH3 is 1. The largest absolute Gasteiger partial charge is 0.509 e. The number of carboxylic acid groups (broad SMARTS) is 1. The number of nitro benzene ring substituents is 1. The highest BCUT2D eigenvalue weighted by molar-refractivity contribution is 6.06. The molecule has 2 aromatic carbocycles. The average Bonchev–Trinajstić information content (AvgIpc) is 3.46. The van der Waals surface area contributed by atoms with Crippen LogP contribution in [0.1, 0.15) is 48.0 Å². The number of anilines is 1. The number of rotatable bonds is 23. The van der Waals surface area contributed by atoms with Crippen LogP contribution in [0.3, 0.4) is 0 Å². The van der Waals surface area contributed by atoms with Gasteiger partial charge in [-0.1, -0.05) is 56.7 Å². The van der Waals surface area contributed by atoms with E-state index in [1.165, 1.54) is 54.5 Å². The molecule has 2 fully saturated rings. The van der Waals surface area contributed by atoms with Crippen molar-refractivity contribution < 1.29 is 106 Å². The first-order valence-corrected chi connectivity index (χ1v) is 22.3. The van der Waals surface area contributed by atoms with Gasteiger partial charge < -0.3 is 72.0 Å². The van der Waals surface area contributed by atoms with E-state index < -0.39 is 135 Å². The molecule has 0 bridgehead atoms. The maximum Gasteiger partial charge on any atom is 0.509 e. The minimum Gasteiger partial charge on any atom is -0.493 e. The third-order valence-corrected chi connectivity index (χ3v) is 10.7. The number of aliphatic hydroxyl groups is 1. The zero-order valence-electron chi connectivity index (χ0n) is 39.4. The highest BCUT2D eigenvalue weighted by Gasteiger charge is 2.57. The number of amides is 2. The topological polar surface area (TPSA) is 320 Å². The van der Waals surface area contributed by atoms with E-state index in [-0.39, 0.29) is 54.3 Å². The van der Waals surface area contributed by atoms with Crippen LogP contribution in [0.25, 0.3) is 0 Å². The van der Waals surface area contributed by atoms with Gasteiger partial charge in [-0.3, -0.25) is 19.7 Å². The Morgan fingerprint density at radius 3 is 2.03 bits per heavy atom. The molecule has 0 saturated carbocycles. The van der Waals surface area contributed by atoms with Crippen molar-refractivity contribution in [2.75, 3.05) is 51.6 Å². The fourth-order valence-electron chi connectivity index (χ4n) is 7.55. The smallest absolute Gasteiger partial charge is 0.493 e. The van der Waals surface area contributed by atoms with Gasteiger partial charge in [-0.05, 0) is 43.4 Å². The summed E-state index contributed by atoms with van der Waals surface area (Å²) in [4.78, 5) is 106. The highest BCUT2D eigenvalue weighted by Crippen LogP contribution is 2.42. The van der Waals surface area contributed by atoms with Gasteiger partial charge in [0.05, 0.1) is 35.9 Å². The molecule has 394 valence electrons. The number of nitro groups is 1. The second-order valence-corrected chi connectivity index (χ2v) is 15.6. The monoisotopic (exact) mass is 1030 g/mol. The van der Waals surface area contributed by atoms with Crippen molar-refractivity contribution in [3.63, 3.8) is 0 Å². The van der Waals surface area contributed by atoms with Gasteiger partial charge in [0, 0.05) is 25.1 Å². The molecule has 2 saturated heterocycles. The number of carbonyl (C=O) groups is 7. The van der Waals surface area contributed by atoms with Crippen molar-refractivity contribution in [2.24, 2.45) is 0 Å². The lowest BCUT2D eigenvalue weighted by atomic mass is 9.98. The second kappa shape index (κ2) is 26.7. The molecular formula is C47H53N3O23. The molecule has 2 amide bonds. The van der Waals surface area contributed by atoms with E-state index in [2.05, 4.69) is 26.3 Å². The number of carboxylic acids is 1. The Balaban J connectivity index is 1.51. The van der Waals surface area contributed by atoms with Crippen LogP contribution in [0.15, 0.2) is 81.0 Å². The number of fused-ring (bicyclic) bond motifs is 2. The van der Waals surface area contributed by atoms with E-state index in [9.17, 15) is 48.8 Å². The van der Waals surface area contributed by atoms with Crippen molar-refractivity contribution >= 4 is 53.8 Å². The fourth-order valence-corrected chi connectivity index (χ4v) is 7.55. The minimum atomic E-state index is -2.18. The molecule has 0 aromatic heterocycles. The lowest BCUT2D eigenvalue weighted by Crippen LogP contribution is -2.64. The number of aliphatic hydroxyl groups excluding tert-OH is 1. The molecule has 3 aliphatic heterocycles. The maximum absolute atomic E-state index is 14.2. The number of ether oxygens (including phenoxy) is 12. The highest BCUT2D eigenvalue weighted by atomic mass is 16.8. The van der Waals surface area contributed by atoms with E-state index in [0.29, 0.717) is 19.3 Å². The number of esters is 1. The van der Waals surface area contributed by atoms with E-state index in [1.54, 1.807) is 0 Å². The first-order valence-electron chi connectivity index (χ1n) is 22.3. The maximum atomic E-state index is 14.2. The molecule has 7 atom stereocenters. The van der Waals surface area contributed by atoms with Crippen LogP contribution in [-0.4, -0.2) is 152 Å². The summed E-state index contributed by atoms with van der Waals surface area (Å²) in [5.74, 6) is -3.44. The second-order valence-electron chi connectivity index (χ2n) is 15.6. The summed E-state index contributed by atoms with van der Waals surface area (Å²) in [5.41, 5.74) is -1.08. The van der Waals surface area contributed by atoms with Crippen molar-refractivity contribution in [3.05, 3.63) is 102 Å². The standard InChI is InChI=1S/C47H53N3O23/c1-6-18-64-42(55)38-36(71-45(57)65-19-7-2)37(72-46(58)66-20-8-3)39(73-47(59)67-21-9-4)43(70-38)69-32-16-15-27(23-31(32)50(60)61)26-68-44(56)49-30-25-34(63-22-12-14-35(51)52)33(62-5)24-28(30)40(53)48-17-11-10-13-29(48)41(49)54/h6-9,15-16,23-25,29,36-39,41,43,54H,1-4,10-14,17-22,26H2,5H3,(H,51,52)/t29-,36-,37-,38-,39+,41?,43+/m0/s1. The molecule has 3 heterocycles. The summed E-state index contributed by atoms with van der Waals surface area (Å²) < 4.78 is 64.9. The zero-order valence-corrected chi connectivity index (χ0v) is 39.4. The molecule has 26 heteroatoms. The van der Waals surface area contributed by atoms with Gasteiger partial charge in [0.2, 0.25) is 12.4 Å². The third-order valence-electron chi connectivity index (χ3n) is 10.7. The van der Waals surface area contributed by atoms with Gasteiger partial charge in [-0.25, -0.2) is 28.9 Å². The van der Waals surface area contributed by atoms with Gasteiger partial charge >= 0.3 is 42.2 Å². The average molecular weight is 1030 g/mol. The van der Waals surface area contributed by atoms with Crippen molar-refractivity contribution in [1.82, 2.24) is 4.90 Å². The Morgan fingerprint density at radius 1 is 0.808 bits per heavy atom. The van der Waals surface area contributed by atoms with E-state index in [0.717, 1.165) is 17.0 Å². The molecule has 5 rings (SSSR count). The minimum absolute atomic E-state index is 0.0123. The predicted molar refractivity (Wildman–Crippen MR) is 246 cm³/mol. The van der Waals surface area contributed by atoms with Gasteiger partial charge in [-0.15, -0.1) is 0 Å². The number of hydrogen-bond donors (Lipinski definition) is 2. The molecular weight excluding hydrogens is 975 g/mol. The van der Waals surface area contributed by atoms with Crippen LogP contribution in [-0.2, 0) is 58.8 Å². The van der Waals surface area contributed by atoms with Crippen molar-refractivity contribution in [1.29, 1.82) is 0 Å². The van der Waals surface area contributed by atoms with Gasteiger partial charge in [0.15, 0.2) is 41.8 Å². The van der Waals surface area contributed by atoms with Crippen molar-refractivity contribution in [3.8, 4) is 17.2 Å². The molecule has 0 radical (unpaired) electrons. The molecule has 26 nitrogen and oxygen atoms in total. The number of aliphatic carboxylic acids is 1. The Bertz CT molecular complexity index is 2410. The molecule has 0 spiro atoms. The number of hydrogen-bond acceptors (Lipinski definition) is 22. The van der Waals surface area contributed by atoms with Crippen LogP contribution >= 0.6 is 0 Å². The molecule has 0 aliphatic carbocycles. The number of piperidine rings is 1. The van der Waals surface area contributed by atoms with Gasteiger partial charge in [0.25, 0.3) is 5.91 Å². The third kappa shape index (κ3) is 14.4. The summed E-state index contributed by atoms with van der Waals surface area (Å²) in [6, 6.07) is 4.86. The summed E-state index contributed by atoms with van der Waals surface area (Å²) in [6.45, 7) is 11.6. The SMILES string of the molecule is C=CCOC(=O)O[C@@H]1[C@@H](OC(=O)OCC=C)[C@H](Oc2ccc(COC(=O)N3c4cc(OCCCC(=O)O)c(OC)cc4C(=O)N4CCCC[C@H]4C3O)cc2[N+](=O)[O-])O[C@H](C(=O)OCC=C)[C@H]1OC(=O)OCC=C. The lowest BCUT2D eigenvalue weighted by molar-refractivity contribution is -0.387. The van der Waals surface area contributed by atoms with Crippen molar-refractivity contribution in [2.45, 2.75) is 81.7 Å². The van der Waals surface area contributed by atoms with E-state index in [4.69, 9.17) is 61.9 Å². The van der Waals surface area contributed by atoms with Crippen LogP contribution in [0, 0.1) is 10.1 Å². The first kappa shape index (κ1) is 55.5. The quantitative estimate of drug-likeness (QED) is 0.0357. The van der Waals surface area contributed by atoms with Gasteiger partial charge in [0.1, 0.15) is 33.0 Å². The van der Waals surface area contributed by atoms with Crippen LogP contribution in [0.4, 0.5) is 30.6 Å². The van der Waals surface area contributed by atoms with Crippen LogP contribution in [0.5, 0.6) is 17.2 Å². The van der Waals surface area contributed by atoms with Crippen LogP contribution in [0.2, 0.25) is 0 Å². The van der Waals surface area contributed by atoms with Crippen LogP contribution < -0.4 is 19.1 Å². The molecule has 2 N–H and O–H groups in total. The zero-order chi connectivity index (χ0) is 53.2. The summed E-state index contributed by atoms with van der Waals surface area (Å²) >= 11 is 0. The Morgan fingerprint density at radius 2 is 1.42 bits per heavy atom. The number of nitrogens with zero attached hydrogens (tertiary/aromatic N) is 3. The molecule has 2 aromatic rings. The predicted octanol–water partition coefficient (Wildman–Crippen LogP) is 5.27. The normalized spacial score (nSPS) is 20.9. The fraction of sp³-hybridized carbons (Fsp3) is 0.426.